The van der Waals surface area contributed by atoms with Gasteiger partial charge in [0.05, 0.1) is 0 Å². The van der Waals surface area contributed by atoms with Crippen LogP contribution in [0, 0.1) is 11.6 Å². The van der Waals surface area contributed by atoms with Gasteiger partial charge in [0.25, 0.3) is 0 Å². The first-order valence-corrected chi connectivity index (χ1v) is 4.67. The Labute approximate surface area is 86.5 Å². The Balaban J connectivity index is 2.69. The second kappa shape index (κ2) is 4.87. The molecule has 0 saturated carbocycles. The molecule has 0 aromatic heterocycles. The van der Waals surface area contributed by atoms with Gasteiger partial charge in [-0.15, -0.1) is 0 Å². The minimum absolute atomic E-state index is 0.0279. The minimum Gasteiger partial charge on any atom is -0.481 e. The Morgan fingerprint density at radius 3 is 2.60 bits per heavy atom. The molecule has 0 bridgehead atoms. The van der Waals surface area contributed by atoms with Crippen molar-refractivity contribution in [2.45, 2.75) is 25.7 Å². The van der Waals surface area contributed by atoms with Gasteiger partial charge in [-0.05, 0) is 30.0 Å². The average Bonchev–Trinajstić information content (AvgIpc) is 2.18. The van der Waals surface area contributed by atoms with Gasteiger partial charge in [0.15, 0.2) is 11.6 Å². The summed E-state index contributed by atoms with van der Waals surface area (Å²) in [6.07, 6.45) is 0.445. The first kappa shape index (κ1) is 11.6. The third-order valence-electron chi connectivity index (χ3n) is 2.30. The van der Waals surface area contributed by atoms with E-state index in [4.69, 9.17) is 5.11 Å². The molecule has 1 rings (SSSR count). The summed E-state index contributed by atoms with van der Waals surface area (Å²) in [6.45, 7) is 1.79. The molecule has 2 nitrogen and oxygen atoms in total. The number of hydrogen-bond donors (Lipinski definition) is 1. The predicted molar refractivity (Wildman–Crippen MR) is 51.6 cm³/mol. The Hall–Kier alpha value is -1.45. The fraction of sp³-hybridized carbons (Fsp3) is 0.364. The smallest absolute Gasteiger partial charge is 0.303 e. The van der Waals surface area contributed by atoms with Gasteiger partial charge in [-0.2, -0.15) is 0 Å². The van der Waals surface area contributed by atoms with Gasteiger partial charge in [0, 0.05) is 6.42 Å². The number of halogens is 2. The molecule has 1 aromatic rings. The van der Waals surface area contributed by atoms with E-state index in [9.17, 15) is 13.6 Å². The van der Waals surface area contributed by atoms with Crippen molar-refractivity contribution in [3.8, 4) is 0 Å². The second-order valence-electron chi connectivity index (χ2n) is 3.51. The van der Waals surface area contributed by atoms with Crippen LogP contribution in [-0.2, 0) is 4.79 Å². The minimum atomic E-state index is -0.894. The van der Waals surface area contributed by atoms with Crippen LogP contribution >= 0.6 is 0 Å². The van der Waals surface area contributed by atoms with Crippen molar-refractivity contribution in [3.63, 3.8) is 0 Å². The molecule has 1 atom stereocenters. The molecule has 0 heterocycles. The van der Waals surface area contributed by atoms with Gasteiger partial charge < -0.3 is 5.11 Å². The molecule has 0 saturated heterocycles. The van der Waals surface area contributed by atoms with E-state index in [0.717, 1.165) is 12.1 Å². The van der Waals surface area contributed by atoms with Crippen LogP contribution in [0.4, 0.5) is 8.78 Å². The zero-order valence-corrected chi connectivity index (χ0v) is 8.34. The summed E-state index contributed by atoms with van der Waals surface area (Å²) in [6, 6.07) is 3.65. The molecular formula is C11H12F2O2. The molecule has 0 spiro atoms. The van der Waals surface area contributed by atoms with Crippen LogP contribution in [0.3, 0.4) is 0 Å². The van der Waals surface area contributed by atoms with Crippen molar-refractivity contribution in [3.05, 3.63) is 35.4 Å². The lowest BCUT2D eigenvalue weighted by molar-refractivity contribution is -0.137. The zero-order chi connectivity index (χ0) is 11.4. The van der Waals surface area contributed by atoms with E-state index >= 15 is 0 Å². The van der Waals surface area contributed by atoms with Gasteiger partial charge >= 0.3 is 5.97 Å². The van der Waals surface area contributed by atoms with Crippen molar-refractivity contribution in [1.82, 2.24) is 0 Å². The summed E-state index contributed by atoms with van der Waals surface area (Å²) in [5, 5.41) is 8.47. The molecule has 0 aliphatic heterocycles. The number of hydrogen-bond acceptors (Lipinski definition) is 1. The number of rotatable bonds is 4. The molecule has 82 valence electrons. The van der Waals surface area contributed by atoms with E-state index in [0.29, 0.717) is 12.0 Å². The number of carboxylic acids is 1. The summed E-state index contributed by atoms with van der Waals surface area (Å²) in [4.78, 5) is 10.3. The number of carboxylic acid groups (broad SMARTS) is 1. The normalized spacial score (nSPS) is 12.5. The van der Waals surface area contributed by atoms with Gasteiger partial charge in [0.2, 0.25) is 0 Å². The van der Waals surface area contributed by atoms with Gasteiger partial charge in [0.1, 0.15) is 0 Å². The molecule has 4 heteroatoms. The van der Waals surface area contributed by atoms with Crippen LogP contribution in [-0.4, -0.2) is 11.1 Å². The van der Waals surface area contributed by atoms with E-state index in [1.165, 1.54) is 6.07 Å². The standard InChI is InChI=1S/C11H12F2O2/c1-7(2-5-11(14)15)8-3-4-9(12)10(13)6-8/h3-4,6-7H,2,5H2,1H3,(H,14,15). The highest BCUT2D eigenvalue weighted by molar-refractivity contribution is 5.66. The number of aliphatic carboxylic acids is 1. The predicted octanol–water partition coefficient (Wildman–Crippen LogP) is 2.93. The highest BCUT2D eigenvalue weighted by atomic mass is 19.2. The fourth-order valence-electron chi connectivity index (χ4n) is 1.33. The van der Waals surface area contributed by atoms with Crippen molar-refractivity contribution in [2.75, 3.05) is 0 Å². The maximum absolute atomic E-state index is 12.8. The van der Waals surface area contributed by atoms with Crippen LogP contribution < -0.4 is 0 Å². The number of carbonyl (C=O) groups is 1. The fourth-order valence-corrected chi connectivity index (χ4v) is 1.33. The van der Waals surface area contributed by atoms with Crippen molar-refractivity contribution >= 4 is 5.97 Å². The molecule has 1 unspecified atom stereocenters. The molecule has 1 N–H and O–H groups in total. The van der Waals surface area contributed by atoms with Crippen molar-refractivity contribution in [2.24, 2.45) is 0 Å². The Morgan fingerprint density at radius 2 is 2.07 bits per heavy atom. The lowest BCUT2D eigenvalue weighted by atomic mass is 9.96. The van der Waals surface area contributed by atoms with Crippen LogP contribution in [0.5, 0.6) is 0 Å². The molecule has 0 aliphatic rings. The van der Waals surface area contributed by atoms with E-state index < -0.39 is 17.6 Å². The van der Waals surface area contributed by atoms with Crippen LogP contribution in [0.2, 0.25) is 0 Å². The maximum Gasteiger partial charge on any atom is 0.303 e. The SMILES string of the molecule is CC(CCC(=O)O)c1ccc(F)c(F)c1. The highest BCUT2D eigenvalue weighted by Gasteiger charge is 2.10. The van der Waals surface area contributed by atoms with Gasteiger partial charge in [-0.25, -0.2) is 8.78 Å². The monoisotopic (exact) mass is 214 g/mol. The molecule has 0 fully saturated rings. The molecule has 1 aromatic carbocycles. The van der Waals surface area contributed by atoms with E-state index in [-0.39, 0.29) is 12.3 Å². The third-order valence-corrected chi connectivity index (χ3v) is 2.30. The lowest BCUT2D eigenvalue weighted by Crippen LogP contribution is -2.01. The van der Waals surface area contributed by atoms with E-state index in [1.807, 2.05) is 0 Å². The summed E-state index contributed by atoms with van der Waals surface area (Å²) in [7, 11) is 0. The Kier molecular flexibility index (Phi) is 3.77. The Bertz CT molecular complexity index is 364. The lowest BCUT2D eigenvalue weighted by Gasteiger charge is -2.10. The third kappa shape index (κ3) is 3.31. The van der Waals surface area contributed by atoms with E-state index in [2.05, 4.69) is 0 Å². The summed E-state index contributed by atoms with van der Waals surface area (Å²) in [5.74, 6) is -2.75. The zero-order valence-electron chi connectivity index (χ0n) is 8.34. The number of benzene rings is 1. The summed E-state index contributed by atoms with van der Waals surface area (Å²) in [5.41, 5.74) is 0.621. The van der Waals surface area contributed by atoms with Crippen LogP contribution in [0.1, 0.15) is 31.2 Å². The van der Waals surface area contributed by atoms with Crippen LogP contribution in [0.25, 0.3) is 0 Å². The molecule has 0 aliphatic carbocycles. The largest absolute Gasteiger partial charge is 0.481 e. The summed E-state index contributed by atoms with van der Waals surface area (Å²) >= 11 is 0. The first-order valence-electron chi connectivity index (χ1n) is 4.67. The second-order valence-corrected chi connectivity index (χ2v) is 3.51. The van der Waals surface area contributed by atoms with Crippen LogP contribution in [0.15, 0.2) is 18.2 Å². The van der Waals surface area contributed by atoms with Gasteiger partial charge in [-0.3, -0.25) is 4.79 Å². The quantitative estimate of drug-likeness (QED) is 0.836. The Morgan fingerprint density at radius 1 is 1.40 bits per heavy atom. The molecule has 15 heavy (non-hydrogen) atoms. The highest BCUT2D eigenvalue weighted by Crippen LogP contribution is 2.22. The first-order chi connectivity index (χ1) is 7.00. The summed E-state index contributed by atoms with van der Waals surface area (Å²) < 4.78 is 25.5. The topological polar surface area (TPSA) is 37.3 Å². The molecule has 0 radical (unpaired) electrons. The maximum atomic E-state index is 12.8. The van der Waals surface area contributed by atoms with E-state index in [1.54, 1.807) is 6.92 Å². The molecule has 0 amide bonds. The van der Waals surface area contributed by atoms with Crippen molar-refractivity contribution < 1.29 is 18.7 Å². The van der Waals surface area contributed by atoms with Crippen molar-refractivity contribution in [1.29, 1.82) is 0 Å². The van der Waals surface area contributed by atoms with Gasteiger partial charge in [-0.1, -0.05) is 13.0 Å². The molecular weight excluding hydrogens is 202 g/mol. The average molecular weight is 214 g/mol.